The molecule has 0 amide bonds. The van der Waals surface area contributed by atoms with Crippen LogP contribution in [0.1, 0.15) is 23.6 Å². The summed E-state index contributed by atoms with van der Waals surface area (Å²) in [4.78, 5) is 0. The van der Waals surface area contributed by atoms with Gasteiger partial charge < -0.3 is 0 Å². The molecule has 0 aliphatic rings. The molecule has 3 rings (SSSR count). The predicted molar refractivity (Wildman–Crippen MR) is 102 cm³/mol. The van der Waals surface area contributed by atoms with Gasteiger partial charge in [-0.3, -0.25) is 0 Å². The van der Waals surface area contributed by atoms with Gasteiger partial charge in [-0.2, -0.15) is 0 Å². The molecule has 3 aromatic carbocycles. The lowest BCUT2D eigenvalue weighted by Gasteiger charge is -2.12. The monoisotopic (exact) mass is 296 g/mol. The van der Waals surface area contributed by atoms with Crippen LogP contribution in [0.15, 0.2) is 85.4 Å². The Bertz CT molecular complexity index is 839. The van der Waals surface area contributed by atoms with E-state index in [1.807, 2.05) is 6.07 Å². The number of rotatable bonds is 4. The fourth-order valence-corrected chi connectivity index (χ4v) is 2.73. The average Bonchev–Trinajstić information content (AvgIpc) is 2.61. The maximum absolute atomic E-state index is 4.12. The van der Waals surface area contributed by atoms with E-state index in [0.717, 1.165) is 5.57 Å². The first kappa shape index (κ1) is 15.1. The van der Waals surface area contributed by atoms with Crippen molar-refractivity contribution in [1.82, 2.24) is 0 Å². The molecular formula is C23H20. The summed E-state index contributed by atoms with van der Waals surface area (Å²) in [7, 11) is 0. The fraction of sp³-hybridized carbons (Fsp3) is 0.0435. The minimum atomic E-state index is 1.09. The summed E-state index contributed by atoms with van der Waals surface area (Å²) in [6, 6.07) is 27.3. The molecular weight excluding hydrogens is 276 g/mol. The van der Waals surface area contributed by atoms with E-state index >= 15 is 0 Å². The third-order valence-corrected chi connectivity index (χ3v) is 3.89. The Kier molecular flexibility index (Phi) is 4.54. The molecule has 0 unspecified atom stereocenters. The number of hydrogen-bond acceptors (Lipinski definition) is 0. The Balaban J connectivity index is 2.06. The molecule has 0 saturated heterocycles. The maximum atomic E-state index is 4.12. The Hall–Kier alpha value is -2.86. The van der Waals surface area contributed by atoms with Crippen molar-refractivity contribution in [2.45, 2.75) is 6.92 Å². The molecule has 0 heterocycles. The van der Waals surface area contributed by atoms with Gasteiger partial charge in [0.15, 0.2) is 0 Å². The minimum Gasteiger partial charge on any atom is -0.0955 e. The van der Waals surface area contributed by atoms with E-state index in [0.29, 0.717) is 0 Å². The van der Waals surface area contributed by atoms with Crippen LogP contribution in [-0.4, -0.2) is 0 Å². The first-order chi connectivity index (χ1) is 11.3. The highest BCUT2D eigenvalue weighted by Gasteiger charge is 2.07. The van der Waals surface area contributed by atoms with Gasteiger partial charge in [0.1, 0.15) is 0 Å². The lowest BCUT2D eigenvalue weighted by atomic mass is 9.92. The van der Waals surface area contributed by atoms with Crippen molar-refractivity contribution >= 4 is 17.7 Å². The van der Waals surface area contributed by atoms with Crippen LogP contribution >= 0.6 is 0 Å². The smallest absolute Gasteiger partial charge is 0.0103 e. The van der Waals surface area contributed by atoms with Crippen molar-refractivity contribution in [2.75, 3.05) is 0 Å². The molecule has 23 heavy (non-hydrogen) atoms. The van der Waals surface area contributed by atoms with E-state index in [1.54, 1.807) is 0 Å². The van der Waals surface area contributed by atoms with Crippen LogP contribution in [0.5, 0.6) is 0 Å². The van der Waals surface area contributed by atoms with E-state index in [4.69, 9.17) is 0 Å². The Morgan fingerprint density at radius 3 is 2.04 bits per heavy atom. The largest absolute Gasteiger partial charge is 0.0955 e. The highest BCUT2D eigenvalue weighted by molar-refractivity contribution is 5.86. The summed E-state index contributed by atoms with van der Waals surface area (Å²) in [6.45, 7) is 6.17. The molecule has 0 saturated carbocycles. The molecule has 0 aliphatic heterocycles. The molecule has 0 heteroatoms. The van der Waals surface area contributed by atoms with Gasteiger partial charge in [0.25, 0.3) is 0 Å². The molecule has 0 aliphatic carbocycles. The van der Waals surface area contributed by atoms with Crippen LogP contribution in [-0.2, 0) is 0 Å². The average molecular weight is 296 g/mol. The lowest BCUT2D eigenvalue weighted by Crippen LogP contribution is -1.88. The molecule has 0 bridgehead atoms. The normalized spacial score (nSPS) is 10.8. The first-order valence-electron chi connectivity index (χ1n) is 7.83. The van der Waals surface area contributed by atoms with E-state index in [2.05, 4.69) is 98.5 Å². The fourth-order valence-electron chi connectivity index (χ4n) is 2.73. The van der Waals surface area contributed by atoms with Gasteiger partial charge in [-0.05, 0) is 34.7 Å². The second kappa shape index (κ2) is 6.93. The quantitative estimate of drug-likeness (QED) is 0.478. The number of hydrogen-bond donors (Lipinski definition) is 0. The molecule has 0 fully saturated rings. The van der Waals surface area contributed by atoms with Crippen molar-refractivity contribution in [3.8, 4) is 11.1 Å². The number of allylic oxidation sites excluding steroid dienone is 1. The van der Waals surface area contributed by atoms with Gasteiger partial charge in [0.05, 0.1) is 0 Å². The molecule has 0 radical (unpaired) electrons. The molecule has 112 valence electrons. The van der Waals surface area contributed by atoms with Gasteiger partial charge in [-0.1, -0.05) is 103 Å². The summed E-state index contributed by atoms with van der Waals surface area (Å²) in [5.41, 5.74) is 7.17. The van der Waals surface area contributed by atoms with Crippen molar-refractivity contribution in [3.63, 3.8) is 0 Å². The minimum absolute atomic E-state index is 1.09. The molecule has 3 aromatic rings. The standard InChI is InChI=1S/C23H20/c1-18(2)21-13-8-9-15-23(21)22-14-7-6-12-20(22)17-16-19-10-4-3-5-11-19/h3-17H,1H2,2H3/b17-16+. The van der Waals surface area contributed by atoms with E-state index in [1.165, 1.54) is 27.8 Å². The van der Waals surface area contributed by atoms with Crippen molar-refractivity contribution in [2.24, 2.45) is 0 Å². The molecule has 0 aromatic heterocycles. The first-order valence-corrected chi connectivity index (χ1v) is 7.83. The summed E-state index contributed by atoms with van der Waals surface area (Å²) < 4.78 is 0. The Morgan fingerprint density at radius 1 is 0.696 bits per heavy atom. The van der Waals surface area contributed by atoms with Crippen LogP contribution in [0.3, 0.4) is 0 Å². The predicted octanol–water partition coefficient (Wildman–Crippen LogP) is 6.56. The summed E-state index contributed by atoms with van der Waals surface area (Å²) in [5, 5.41) is 0. The SMILES string of the molecule is C=C(C)c1ccccc1-c1ccccc1/C=C/c1ccccc1. The van der Waals surface area contributed by atoms with Gasteiger partial charge in [-0.25, -0.2) is 0 Å². The summed E-state index contributed by atoms with van der Waals surface area (Å²) in [6.07, 6.45) is 4.34. The third-order valence-electron chi connectivity index (χ3n) is 3.89. The molecule has 0 atom stereocenters. The van der Waals surface area contributed by atoms with Crippen LogP contribution in [0.2, 0.25) is 0 Å². The van der Waals surface area contributed by atoms with Crippen LogP contribution < -0.4 is 0 Å². The molecule has 0 spiro atoms. The second-order valence-corrected chi connectivity index (χ2v) is 5.66. The molecule has 0 nitrogen and oxygen atoms in total. The van der Waals surface area contributed by atoms with Crippen molar-refractivity contribution in [3.05, 3.63) is 102 Å². The van der Waals surface area contributed by atoms with Crippen molar-refractivity contribution < 1.29 is 0 Å². The van der Waals surface area contributed by atoms with E-state index < -0.39 is 0 Å². The molecule has 0 N–H and O–H groups in total. The number of benzene rings is 3. The van der Waals surface area contributed by atoms with E-state index in [9.17, 15) is 0 Å². The third kappa shape index (κ3) is 3.49. The zero-order valence-electron chi connectivity index (χ0n) is 13.4. The second-order valence-electron chi connectivity index (χ2n) is 5.66. The zero-order valence-corrected chi connectivity index (χ0v) is 13.4. The highest BCUT2D eigenvalue weighted by Crippen LogP contribution is 2.31. The highest BCUT2D eigenvalue weighted by atomic mass is 14.1. The van der Waals surface area contributed by atoms with Crippen molar-refractivity contribution in [1.29, 1.82) is 0 Å². The van der Waals surface area contributed by atoms with Gasteiger partial charge in [0, 0.05) is 0 Å². The summed E-state index contributed by atoms with van der Waals surface area (Å²) >= 11 is 0. The van der Waals surface area contributed by atoms with Gasteiger partial charge >= 0.3 is 0 Å². The zero-order chi connectivity index (χ0) is 16.1. The maximum Gasteiger partial charge on any atom is -0.0103 e. The van der Waals surface area contributed by atoms with Gasteiger partial charge in [-0.15, -0.1) is 0 Å². The van der Waals surface area contributed by atoms with Gasteiger partial charge in [0.2, 0.25) is 0 Å². The Labute approximate surface area is 138 Å². The topological polar surface area (TPSA) is 0 Å². The lowest BCUT2D eigenvalue weighted by molar-refractivity contribution is 1.53. The van der Waals surface area contributed by atoms with E-state index in [-0.39, 0.29) is 0 Å². The van der Waals surface area contributed by atoms with Crippen LogP contribution in [0.4, 0.5) is 0 Å². The summed E-state index contributed by atoms with van der Waals surface area (Å²) in [5.74, 6) is 0. The van der Waals surface area contributed by atoms with Crippen LogP contribution in [0, 0.1) is 0 Å². The Morgan fingerprint density at radius 2 is 1.30 bits per heavy atom. The van der Waals surface area contributed by atoms with Crippen LogP contribution in [0.25, 0.3) is 28.9 Å².